The highest BCUT2D eigenvalue weighted by atomic mass is 32.1. The second kappa shape index (κ2) is 12.9. The van der Waals surface area contributed by atoms with Crippen molar-refractivity contribution >= 4 is 80.7 Å². The molecule has 0 unspecified atom stereocenters. The van der Waals surface area contributed by atoms with Crippen LogP contribution in [0, 0.1) is 0 Å². The van der Waals surface area contributed by atoms with Gasteiger partial charge in [0, 0.05) is 20.2 Å². The van der Waals surface area contributed by atoms with Crippen LogP contribution in [0.4, 0.5) is 0 Å². The Labute approximate surface area is 335 Å². The van der Waals surface area contributed by atoms with Crippen LogP contribution in [0.3, 0.4) is 0 Å². The van der Waals surface area contributed by atoms with Gasteiger partial charge >= 0.3 is 0 Å². The average Bonchev–Trinajstić information content (AvgIpc) is 3.64. The highest BCUT2D eigenvalue weighted by Crippen LogP contribution is 2.48. The molecule has 12 rings (SSSR count). The molecule has 0 atom stereocenters. The van der Waals surface area contributed by atoms with E-state index >= 15 is 0 Å². The molecule has 266 valence electrons. The molecule has 10 aromatic carbocycles. The Hall–Kier alpha value is -6.80. The fourth-order valence-corrected chi connectivity index (χ4v) is 10.9. The van der Waals surface area contributed by atoms with Crippen LogP contribution < -0.4 is 0 Å². The molecule has 0 aliphatic heterocycles. The Morgan fingerprint density at radius 1 is 0.333 bits per heavy atom. The molecule has 57 heavy (non-hydrogen) atoms. The normalized spacial score (nSPS) is 12.7. The van der Waals surface area contributed by atoms with E-state index < -0.39 is 0 Å². The van der Waals surface area contributed by atoms with Crippen LogP contribution in [0.1, 0.15) is 17.5 Å². The molecule has 0 spiro atoms. The molecular weight excluding hydrogens is 705 g/mol. The van der Waals surface area contributed by atoms with Gasteiger partial charge in [-0.15, -0.1) is 11.3 Å². The molecule has 0 N–H and O–H groups in total. The summed E-state index contributed by atoms with van der Waals surface area (Å²) < 4.78 is 2.64. The third kappa shape index (κ3) is 5.06. The maximum atomic E-state index is 2.45. The Morgan fingerprint density at radius 2 is 0.877 bits per heavy atom. The second-order valence-electron chi connectivity index (χ2n) is 15.4. The first kappa shape index (κ1) is 32.4. The van der Waals surface area contributed by atoms with E-state index in [9.17, 15) is 0 Å². The molecule has 1 heterocycles. The Morgan fingerprint density at radius 3 is 1.58 bits per heavy atom. The molecule has 11 aromatic rings. The molecule has 0 fully saturated rings. The van der Waals surface area contributed by atoms with Crippen molar-refractivity contribution in [3.05, 3.63) is 199 Å². The van der Waals surface area contributed by atoms with E-state index in [4.69, 9.17) is 0 Å². The Bertz CT molecular complexity index is 3400. The van der Waals surface area contributed by atoms with Gasteiger partial charge in [-0.05, 0) is 136 Å². The standard InChI is InChI=1S/C56H36S/c1-2-15-36(16-3-1)53-42-18-6-8-20-44(42)56(45-21-9-7-19-43(45)53)40-28-30-41-50-33-39(29-31-51(50)57-52(41)34-40)55-48-24-12-10-22-46(48)54(47-23-11-13-25-49(47)55)38-27-26-35-14-4-5-17-37(35)32-38/h1-6,8-18,20-34H,7,19H2. The van der Waals surface area contributed by atoms with Crippen LogP contribution in [-0.2, 0) is 6.42 Å². The van der Waals surface area contributed by atoms with Crippen molar-refractivity contribution in [2.45, 2.75) is 12.8 Å². The number of allylic oxidation sites excluding steroid dienone is 1. The molecule has 0 radical (unpaired) electrons. The van der Waals surface area contributed by atoms with Gasteiger partial charge in [-0.1, -0.05) is 170 Å². The van der Waals surface area contributed by atoms with Crippen LogP contribution >= 0.6 is 11.3 Å². The highest BCUT2D eigenvalue weighted by molar-refractivity contribution is 7.25. The number of thiophene rings is 1. The van der Waals surface area contributed by atoms with E-state index in [0.29, 0.717) is 0 Å². The van der Waals surface area contributed by atoms with Gasteiger partial charge in [0.05, 0.1) is 0 Å². The lowest BCUT2D eigenvalue weighted by Crippen LogP contribution is -2.02. The van der Waals surface area contributed by atoms with Crippen LogP contribution in [-0.4, -0.2) is 0 Å². The third-order valence-electron chi connectivity index (χ3n) is 12.3. The first-order valence-electron chi connectivity index (χ1n) is 20.0. The summed E-state index contributed by atoms with van der Waals surface area (Å²) in [6, 6.07) is 67.9. The lowest BCUT2D eigenvalue weighted by atomic mass is 9.80. The number of hydrogen-bond donors (Lipinski definition) is 0. The monoisotopic (exact) mass is 740 g/mol. The average molecular weight is 741 g/mol. The summed E-state index contributed by atoms with van der Waals surface area (Å²) in [6.07, 6.45) is 6.86. The molecule has 0 bridgehead atoms. The fourth-order valence-electron chi connectivity index (χ4n) is 9.81. The minimum absolute atomic E-state index is 1.05. The molecule has 1 aromatic heterocycles. The molecule has 0 saturated heterocycles. The number of benzene rings is 10. The van der Waals surface area contributed by atoms with Crippen molar-refractivity contribution < 1.29 is 0 Å². The van der Waals surface area contributed by atoms with E-state index in [1.165, 1.54) is 119 Å². The van der Waals surface area contributed by atoms with Gasteiger partial charge in [0.15, 0.2) is 0 Å². The zero-order valence-electron chi connectivity index (χ0n) is 31.3. The minimum atomic E-state index is 1.05. The van der Waals surface area contributed by atoms with E-state index in [-0.39, 0.29) is 0 Å². The number of rotatable bonds is 4. The van der Waals surface area contributed by atoms with Crippen molar-refractivity contribution in [2.75, 3.05) is 0 Å². The third-order valence-corrected chi connectivity index (χ3v) is 13.4. The van der Waals surface area contributed by atoms with Gasteiger partial charge in [-0.2, -0.15) is 0 Å². The maximum absolute atomic E-state index is 2.45. The van der Waals surface area contributed by atoms with Gasteiger partial charge in [0.2, 0.25) is 0 Å². The predicted octanol–water partition coefficient (Wildman–Crippen LogP) is 16.3. The van der Waals surface area contributed by atoms with Crippen LogP contribution in [0.2, 0.25) is 0 Å². The fraction of sp³-hybridized carbons (Fsp3) is 0.0357. The van der Waals surface area contributed by atoms with Gasteiger partial charge in [0.1, 0.15) is 0 Å². The van der Waals surface area contributed by atoms with Gasteiger partial charge in [-0.3, -0.25) is 0 Å². The van der Waals surface area contributed by atoms with Crippen LogP contribution in [0.15, 0.2) is 188 Å². The largest absolute Gasteiger partial charge is 0.135 e. The first-order valence-corrected chi connectivity index (χ1v) is 20.8. The highest BCUT2D eigenvalue weighted by Gasteiger charge is 2.23. The molecule has 1 heteroatoms. The Kier molecular flexibility index (Phi) is 7.33. The van der Waals surface area contributed by atoms with Crippen LogP contribution in [0.5, 0.6) is 0 Å². The van der Waals surface area contributed by atoms with Crippen molar-refractivity contribution in [3.8, 4) is 44.5 Å². The summed E-state index contributed by atoms with van der Waals surface area (Å²) >= 11 is 1.91. The van der Waals surface area contributed by atoms with Crippen molar-refractivity contribution in [2.24, 2.45) is 0 Å². The zero-order chi connectivity index (χ0) is 37.5. The van der Waals surface area contributed by atoms with E-state index in [0.717, 1.165) is 12.8 Å². The summed E-state index contributed by atoms with van der Waals surface area (Å²) in [5.74, 6) is 0. The quantitative estimate of drug-likeness (QED) is 0.158. The number of hydrogen-bond acceptors (Lipinski definition) is 1. The smallest absolute Gasteiger partial charge is 0.0361 e. The van der Waals surface area contributed by atoms with E-state index in [2.05, 4.69) is 194 Å². The first-order chi connectivity index (χ1) is 28.3. The minimum Gasteiger partial charge on any atom is -0.135 e. The topological polar surface area (TPSA) is 0 Å². The van der Waals surface area contributed by atoms with E-state index in [1.807, 2.05) is 11.3 Å². The second-order valence-corrected chi connectivity index (χ2v) is 16.5. The van der Waals surface area contributed by atoms with Gasteiger partial charge in [-0.25, -0.2) is 0 Å². The van der Waals surface area contributed by atoms with Gasteiger partial charge in [0.25, 0.3) is 0 Å². The zero-order valence-corrected chi connectivity index (χ0v) is 32.1. The van der Waals surface area contributed by atoms with Crippen molar-refractivity contribution in [1.82, 2.24) is 0 Å². The summed E-state index contributed by atoms with van der Waals surface area (Å²) in [5, 5.41) is 12.9. The summed E-state index contributed by atoms with van der Waals surface area (Å²) in [6.45, 7) is 0. The van der Waals surface area contributed by atoms with Crippen molar-refractivity contribution in [3.63, 3.8) is 0 Å². The SMILES string of the molecule is C1=Cc2c(c(-c3ccccc3)c3ccccc3c2-c2ccc3c(c2)sc2ccc(-c4c5ccccc5c(-c5ccc6ccccc6c5)c5ccccc45)cc23)CC1. The predicted molar refractivity (Wildman–Crippen MR) is 248 cm³/mol. The molecule has 0 amide bonds. The van der Waals surface area contributed by atoms with E-state index in [1.54, 1.807) is 0 Å². The molecule has 1 aliphatic carbocycles. The maximum Gasteiger partial charge on any atom is 0.0361 e. The number of fused-ring (bicyclic) bond motifs is 8. The lowest BCUT2D eigenvalue weighted by molar-refractivity contribution is 0.991. The molecular formula is C56H36S. The van der Waals surface area contributed by atoms with Gasteiger partial charge < -0.3 is 0 Å². The molecule has 0 saturated carbocycles. The molecule has 0 nitrogen and oxygen atoms in total. The summed E-state index contributed by atoms with van der Waals surface area (Å²) in [5.41, 5.74) is 13.2. The summed E-state index contributed by atoms with van der Waals surface area (Å²) in [4.78, 5) is 0. The van der Waals surface area contributed by atoms with Crippen molar-refractivity contribution in [1.29, 1.82) is 0 Å². The lowest BCUT2D eigenvalue weighted by Gasteiger charge is -2.23. The van der Waals surface area contributed by atoms with Crippen LogP contribution in [0.25, 0.3) is 114 Å². The summed E-state index contributed by atoms with van der Waals surface area (Å²) in [7, 11) is 0. The molecule has 1 aliphatic rings. The Balaban J connectivity index is 1.05.